The summed E-state index contributed by atoms with van der Waals surface area (Å²) in [5.41, 5.74) is 3.81. The Morgan fingerprint density at radius 2 is 2.25 bits per heavy atom. The predicted molar refractivity (Wildman–Crippen MR) is 85.6 cm³/mol. The van der Waals surface area contributed by atoms with Crippen LogP contribution in [0, 0.1) is 0 Å². The first-order valence-corrected chi connectivity index (χ1v) is 8.37. The molecule has 2 aromatic rings. The number of nitrogens with one attached hydrogen (secondary N) is 2. The Balaban J connectivity index is 1.82. The summed E-state index contributed by atoms with van der Waals surface area (Å²) in [7, 11) is 0. The number of carbonyl (C=O) groups is 1. The zero-order valence-electron chi connectivity index (χ0n) is 11.3. The van der Waals surface area contributed by atoms with Crippen molar-refractivity contribution < 1.29 is 4.79 Å². The first kappa shape index (κ1) is 13.6. The molecule has 1 aromatic heterocycles. The van der Waals surface area contributed by atoms with Gasteiger partial charge in [-0.25, -0.2) is 4.98 Å². The van der Waals surface area contributed by atoms with E-state index >= 15 is 0 Å². The fourth-order valence-corrected chi connectivity index (χ4v) is 3.50. The molecule has 1 fully saturated rings. The molecule has 1 saturated heterocycles. The number of rotatable bonds is 3. The minimum Gasteiger partial charge on any atom is -0.322 e. The largest absolute Gasteiger partial charge is 0.322 e. The number of hydrogen-bond donors (Lipinski definition) is 2. The van der Waals surface area contributed by atoms with Crippen LogP contribution in [0.3, 0.4) is 0 Å². The van der Waals surface area contributed by atoms with Crippen molar-refractivity contribution in [3.63, 3.8) is 0 Å². The molecular formula is C14H15N3OS2. The lowest BCUT2D eigenvalue weighted by Crippen LogP contribution is -2.36. The van der Waals surface area contributed by atoms with Crippen LogP contribution in [0.25, 0.3) is 10.2 Å². The lowest BCUT2D eigenvalue weighted by molar-refractivity contribution is -0.112. The van der Waals surface area contributed by atoms with Crippen LogP contribution in [0.5, 0.6) is 0 Å². The summed E-state index contributed by atoms with van der Waals surface area (Å²) in [6.07, 6.45) is 2.02. The van der Waals surface area contributed by atoms with Gasteiger partial charge in [0.05, 0.1) is 10.2 Å². The van der Waals surface area contributed by atoms with Crippen LogP contribution in [0.2, 0.25) is 0 Å². The van der Waals surface area contributed by atoms with Crippen molar-refractivity contribution in [2.24, 2.45) is 0 Å². The van der Waals surface area contributed by atoms with Crippen molar-refractivity contribution in [2.45, 2.75) is 11.3 Å². The van der Waals surface area contributed by atoms with Gasteiger partial charge in [0.25, 0.3) is 5.91 Å². The van der Waals surface area contributed by atoms with Gasteiger partial charge in [0, 0.05) is 24.4 Å². The second kappa shape index (κ2) is 5.55. The van der Waals surface area contributed by atoms with E-state index in [1.807, 2.05) is 31.4 Å². The zero-order valence-corrected chi connectivity index (χ0v) is 13.0. The third kappa shape index (κ3) is 2.59. The lowest BCUT2D eigenvalue weighted by atomic mass is 10.0. The highest BCUT2D eigenvalue weighted by atomic mass is 32.2. The van der Waals surface area contributed by atoms with Gasteiger partial charge in [0.1, 0.15) is 0 Å². The summed E-state index contributed by atoms with van der Waals surface area (Å²) < 4.78 is 2.14. The van der Waals surface area contributed by atoms with Crippen molar-refractivity contribution >= 4 is 44.9 Å². The molecule has 0 atom stereocenters. The highest BCUT2D eigenvalue weighted by Gasteiger charge is 2.16. The quantitative estimate of drug-likeness (QED) is 0.676. The van der Waals surface area contributed by atoms with Crippen molar-refractivity contribution in [3.05, 3.63) is 29.3 Å². The van der Waals surface area contributed by atoms with Gasteiger partial charge in [0.2, 0.25) is 0 Å². The van der Waals surface area contributed by atoms with E-state index in [2.05, 4.69) is 15.6 Å². The maximum absolute atomic E-state index is 12.1. The van der Waals surface area contributed by atoms with E-state index in [0.29, 0.717) is 0 Å². The highest BCUT2D eigenvalue weighted by molar-refractivity contribution is 8.00. The second-order valence-electron chi connectivity index (χ2n) is 4.65. The van der Waals surface area contributed by atoms with Gasteiger partial charge in [-0.2, -0.15) is 0 Å². The van der Waals surface area contributed by atoms with Crippen molar-refractivity contribution in [3.8, 4) is 0 Å². The number of aromatic nitrogens is 1. The second-order valence-corrected chi connectivity index (χ2v) is 6.74. The van der Waals surface area contributed by atoms with Gasteiger partial charge in [0.15, 0.2) is 4.34 Å². The van der Waals surface area contributed by atoms with E-state index < -0.39 is 0 Å². The van der Waals surface area contributed by atoms with Gasteiger partial charge < -0.3 is 10.6 Å². The van der Waals surface area contributed by atoms with Crippen molar-refractivity contribution in [1.82, 2.24) is 10.3 Å². The average molecular weight is 305 g/mol. The highest BCUT2D eigenvalue weighted by Crippen LogP contribution is 2.30. The first-order valence-electron chi connectivity index (χ1n) is 6.32. The Kier molecular flexibility index (Phi) is 3.78. The summed E-state index contributed by atoms with van der Waals surface area (Å²) in [5.74, 6) is -0.0181. The topological polar surface area (TPSA) is 54.0 Å². The summed E-state index contributed by atoms with van der Waals surface area (Å²) in [4.78, 5) is 16.6. The molecule has 1 aliphatic heterocycles. The van der Waals surface area contributed by atoms with Crippen molar-refractivity contribution in [1.29, 1.82) is 0 Å². The van der Waals surface area contributed by atoms with E-state index in [-0.39, 0.29) is 5.91 Å². The van der Waals surface area contributed by atoms with Crippen LogP contribution >= 0.6 is 23.1 Å². The van der Waals surface area contributed by atoms with Crippen LogP contribution in [0.4, 0.5) is 5.69 Å². The molecule has 2 N–H and O–H groups in total. The summed E-state index contributed by atoms with van der Waals surface area (Å²) in [6, 6.07) is 5.84. The van der Waals surface area contributed by atoms with E-state index in [1.54, 1.807) is 23.1 Å². The molecule has 1 aliphatic rings. The smallest absolute Gasteiger partial charge is 0.251 e. The Hall–Kier alpha value is -1.37. The maximum Gasteiger partial charge on any atom is 0.251 e. The third-order valence-electron chi connectivity index (χ3n) is 3.35. The third-order valence-corrected chi connectivity index (χ3v) is 5.35. The molecule has 6 heteroatoms. The number of fused-ring (bicyclic) bond motifs is 1. The molecule has 0 saturated carbocycles. The molecule has 1 amide bonds. The Morgan fingerprint density at radius 1 is 1.45 bits per heavy atom. The summed E-state index contributed by atoms with van der Waals surface area (Å²) >= 11 is 3.29. The molecule has 1 aromatic carbocycles. The Labute approximate surface area is 125 Å². The predicted octanol–water partition coefficient (Wildman–Crippen LogP) is 2.88. The molecule has 0 bridgehead atoms. The monoisotopic (exact) mass is 305 g/mol. The minimum atomic E-state index is -0.0181. The Morgan fingerprint density at radius 3 is 2.90 bits per heavy atom. The van der Waals surface area contributed by atoms with Gasteiger partial charge in [-0.05, 0) is 37.0 Å². The van der Waals surface area contributed by atoms with E-state index in [1.165, 1.54) is 5.57 Å². The number of thioether (sulfide) groups is 1. The van der Waals surface area contributed by atoms with Gasteiger partial charge in [-0.15, -0.1) is 11.3 Å². The lowest BCUT2D eigenvalue weighted by Gasteiger charge is -2.21. The standard InChI is InChI=1S/C14H15N3OS2/c1-8(9-6-15-7-9)13(18)16-10-3-4-11-12(5-10)20-14(17-11)19-2/h3-5,15H,6-7H2,1-2H3,(H,16,18). The molecular weight excluding hydrogens is 290 g/mol. The number of amides is 1. The van der Waals surface area contributed by atoms with E-state index in [4.69, 9.17) is 0 Å². The fourth-order valence-electron chi connectivity index (χ4n) is 1.97. The number of anilines is 1. The van der Waals surface area contributed by atoms with Crippen LogP contribution in [-0.2, 0) is 4.79 Å². The minimum absolute atomic E-state index is 0.0181. The summed E-state index contributed by atoms with van der Waals surface area (Å²) in [6.45, 7) is 3.52. The number of nitrogens with zero attached hydrogens (tertiary/aromatic N) is 1. The van der Waals surface area contributed by atoms with E-state index in [0.717, 1.165) is 38.9 Å². The molecule has 20 heavy (non-hydrogen) atoms. The average Bonchev–Trinajstić information content (AvgIpc) is 2.78. The fraction of sp³-hybridized carbons (Fsp3) is 0.286. The molecule has 3 rings (SSSR count). The number of hydrogen-bond acceptors (Lipinski definition) is 5. The molecule has 104 valence electrons. The SMILES string of the molecule is CSc1nc2ccc(NC(=O)C(C)=C3CNC3)cc2s1. The number of carbonyl (C=O) groups excluding carboxylic acids is 1. The zero-order chi connectivity index (χ0) is 14.1. The van der Waals surface area contributed by atoms with Gasteiger partial charge in [-0.3, -0.25) is 4.79 Å². The van der Waals surface area contributed by atoms with Crippen LogP contribution < -0.4 is 10.6 Å². The van der Waals surface area contributed by atoms with Gasteiger partial charge >= 0.3 is 0 Å². The normalized spacial score (nSPS) is 14.2. The molecule has 2 heterocycles. The van der Waals surface area contributed by atoms with Crippen molar-refractivity contribution in [2.75, 3.05) is 24.7 Å². The first-order chi connectivity index (χ1) is 9.67. The number of benzene rings is 1. The number of thiazole rings is 1. The maximum atomic E-state index is 12.1. The van der Waals surface area contributed by atoms with Crippen LogP contribution in [0.15, 0.2) is 33.7 Å². The Bertz CT molecular complexity index is 700. The van der Waals surface area contributed by atoms with Crippen LogP contribution in [0.1, 0.15) is 6.92 Å². The molecule has 0 radical (unpaired) electrons. The molecule has 0 spiro atoms. The molecule has 0 unspecified atom stereocenters. The molecule has 0 aliphatic carbocycles. The summed E-state index contributed by atoms with van der Waals surface area (Å²) in [5, 5.41) is 6.11. The van der Waals surface area contributed by atoms with Crippen LogP contribution in [-0.4, -0.2) is 30.2 Å². The van der Waals surface area contributed by atoms with Gasteiger partial charge in [-0.1, -0.05) is 11.8 Å². The molecule has 4 nitrogen and oxygen atoms in total. The van der Waals surface area contributed by atoms with E-state index in [9.17, 15) is 4.79 Å².